The van der Waals surface area contributed by atoms with E-state index in [-0.39, 0.29) is 42.4 Å². The Hall–Kier alpha value is -0.500. The molecule has 0 spiro atoms. The quantitative estimate of drug-likeness (QED) is 0.236. The molecule has 3 N–H and O–H groups in total. The van der Waals surface area contributed by atoms with Crippen molar-refractivity contribution in [3.8, 4) is 0 Å². The van der Waals surface area contributed by atoms with Crippen LogP contribution in [-0.2, 0) is 27.7 Å². The van der Waals surface area contributed by atoms with E-state index in [2.05, 4.69) is 32.3 Å². The summed E-state index contributed by atoms with van der Waals surface area (Å²) >= 11 is 1.65. The van der Waals surface area contributed by atoms with Crippen molar-refractivity contribution < 1.29 is 13.2 Å². The number of hydrogen-bond acceptors (Lipinski definition) is 6. The smallest absolute Gasteiger partial charge is 0.213 e. The van der Waals surface area contributed by atoms with Crippen molar-refractivity contribution in [1.82, 2.24) is 20.3 Å². The number of halogens is 1. The normalized spacial score (nSPS) is 17.8. The van der Waals surface area contributed by atoms with Gasteiger partial charge in [0.05, 0.1) is 18.4 Å². The second kappa shape index (κ2) is 13.7. The van der Waals surface area contributed by atoms with Gasteiger partial charge in [0.15, 0.2) is 5.96 Å². The van der Waals surface area contributed by atoms with Crippen molar-refractivity contribution in [1.29, 1.82) is 0 Å². The van der Waals surface area contributed by atoms with Gasteiger partial charge >= 0.3 is 0 Å². The second-order valence-corrected chi connectivity index (χ2v) is 9.48. The van der Waals surface area contributed by atoms with Crippen LogP contribution in [0.1, 0.15) is 43.0 Å². The molecule has 8 nitrogen and oxygen atoms in total. The lowest BCUT2D eigenvalue weighted by atomic mass is 10.1. The minimum Gasteiger partial charge on any atom is -0.377 e. The predicted molar refractivity (Wildman–Crippen MR) is 125 cm³/mol. The second-order valence-electron chi connectivity index (χ2n) is 6.35. The Labute approximate surface area is 189 Å². The van der Waals surface area contributed by atoms with E-state index in [0.29, 0.717) is 25.6 Å². The van der Waals surface area contributed by atoms with Crippen LogP contribution in [-0.4, -0.2) is 57.5 Å². The van der Waals surface area contributed by atoms with E-state index in [0.717, 1.165) is 37.3 Å². The van der Waals surface area contributed by atoms with E-state index in [1.807, 2.05) is 13.1 Å². The number of guanidine groups is 1. The molecule has 0 aromatic carbocycles. The topological polar surface area (TPSA) is 105 Å². The Morgan fingerprint density at radius 3 is 2.82 bits per heavy atom. The molecule has 1 unspecified atom stereocenters. The fraction of sp³-hybridized carbons (Fsp3) is 0.765. The number of aliphatic imine (C=N–C) groups is 1. The lowest BCUT2D eigenvalue weighted by Gasteiger charge is -2.22. The Bertz CT molecular complexity index is 691. The van der Waals surface area contributed by atoms with E-state index in [1.165, 1.54) is 4.88 Å². The van der Waals surface area contributed by atoms with Gasteiger partial charge in [0, 0.05) is 37.3 Å². The van der Waals surface area contributed by atoms with Crippen LogP contribution in [0.3, 0.4) is 0 Å². The lowest BCUT2D eigenvalue weighted by Crippen LogP contribution is -2.42. The molecule has 2 rings (SSSR count). The summed E-state index contributed by atoms with van der Waals surface area (Å²) < 4.78 is 32.5. The van der Waals surface area contributed by atoms with E-state index in [4.69, 9.17) is 4.74 Å². The van der Waals surface area contributed by atoms with Crippen molar-refractivity contribution in [2.75, 3.05) is 32.0 Å². The van der Waals surface area contributed by atoms with Crippen molar-refractivity contribution in [3.05, 3.63) is 16.1 Å². The largest absolute Gasteiger partial charge is 0.377 e. The molecule has 0 bridgehead atoms. The van der Waals surface area contributed by atoms with Gasteiger partial charge in [-0.05, 0) is 32.6 Å². The van der Waals surface area contributed by atoms with Crippen LogP contribution in [0.4, 0.5) is 0 Å². The fourth-order valence-electron chi connectivity index (χ4n) is 2.64. The average molecular weight is 546 g/mol. The molecule has 0 aliphatic carbocycles. The van der Waals surface area contributed by atoms with Crippen molar-refractivity contribution in [2.45, 2.75) is 52.2 Å². The molecular formula is C17H32IN5O3S2. The van der Waals surface area contributed by atoms with E-state index in [1.54, 1.807) is 11.3 Å². The van der Waals surface area contributed by atoms with Crippen LogP contribution in [0.25, 0.3) is 0 Å². The summed E-state index contributed by atoms with van der Waals surface area (Å²) in [5.74, 6) is 0.582. The maximum absolute atomic E-state index is 12.2. The van der Waals surface area contributed by atoms with Crippen LogP contribution in [0.15, 0.2) is 11.2 Å². The maximum Gasteiger partial charge on any atom is 0.213 e. The van der Waals surface area contributed by atoms with Crippen molar-refractivity contribution >= 4 is 51.3 Å². The first-order chi connectivity index (χ1) is 13.0. The van der Waals surface area contributed by atoms with Gasteiger partial charge in [-0.3, -0.25) is 0 Å². The van der Waals surface area contributed by atoms with E-state index >= 15 is 0 Å². The van der Waals surface area contributed by atoms with Gasteiger partial charge in [-0.1, -0.05) is 6.92 Å². The highest BCUT2D eigenvalue weighted by molar-refractivity contribution is 14.0. The molecule has 1 aromatic heterocycles. The monoisotopic (exact) mass is 545 g/mol. The molecule has 2 heterocycles. The number of aromatic nitrogens is 1. The van der Waals surface area contributed by atoms with Crippen LogP contribution < -0.4 is 15.4 Å². The van der Waals surface area contributed by atoms with Gasteiger partial charge in [0.1, 0.15) is 5.01 Å². The Kier molecular flexibility index (Phi) is 12.5. The van der Waals surface area contributed by atoms with Gasteiger partial charge < -0.3 is 15.4 Å². The van der Waals surface area contributed by atoms with Gasteiger partial charge in [0.25, 0.3) is 0 Å². The van der Waals surface area contributed by atoms with Crippen LogP contribution in [0, 0.1) is 0 Å². The Balaban J connectivity index is 0.00000392. The average Bonchev–Trinajstić information content (AvgIpc) is 3.13. The SMILES string of the molecule is CCNC(=NCc1ncc(CC)s1)NCCS(=O)(=O)NCC1CCCCO1.I. The highest BCUT2D eigenvalue weighted by atomic mass is 127. The van der Waals surface area contributed by atoms with Gasteiger partial charge in [-0.2, -0.15) is 0 Å². The molecule has 1 fully saturated rings. The first-order valence-electron chi connectivity index (χ1n) is 9.57. The van der Waals surface area contributed by atoms with Gasteiger partial charge in [-0.15, -0.1) is 35.3 Å². The molecule has 1 aliphatic rings. The minimum atomic E-state index is -3.34. The summed E-state index contributed by atoms with van der Waals surface area (Å²) in [6, 6.07) is 0. The summed E-state index contributed by atoms with van der Waals surface area (Å²) in [4.78, 5) is 10.1. The summed E-state index contributed by atoms with van der Waals surface area (Å²) in [7, 11) is -3.34. The predicted octanol–water partition coefficient (Wildman–Crippen LogP) is 1.87. The molecule has 1 aromatic rings. The van der Waals surface area contributed by atoms with Crippen molar-refractivity contribution in [2.24, 2.45) is 4.99 Å². The maximum atomic E-state index is 12.2. The number of nitrogens with one attached hydrogen (secondary N) is 3. The highest BCUT2D eigenvalue weighted by Gasteiger charge is 2.17. The number of thiazole rings is 1. The lowest BCUT2D eigenvalue weighted by molar-refractivity contribution is 0.0200. The van der Waals surface area contributed by atoms with Crippen LogP contribution in [0.5, 0.6) is 0 Å². The zero-order valence-electron chi connectivity index (χ0n) is 16.6. The summed E-state index contributed by atoms with van der Waals surface area (Å²) in [5, 5.41) is 7.15. The first-order valence-corrected chi connectivity index (χ1v) is 12.0. The molecule has 1 aliphatic heterocycles. The number of aryl methyl sites for hydroxylation is 1. The Morgan fingerprint density at radius 2 is 2.18 bits per heavy atom. The molecule has 0 saturated carbocycles. The van der Waals surface area contributed by atoms with Crippen molar-refractivity contribution in [3.63, 3.8) is 0 Å². The molecular weight excluding hydrogens is 513 g/mol. The molecule has 11 heteroatoms. The number of nitrogens with zero attached hydrogens (tertiary/aromatic N) is 2. The fourth-order valence-corrected chi connectivity index (χ4v) is 4.38. The molecule has 28 heavy (non-hydrogen) atoms. The van der Waals surface area contributed by atoms with E-state index in [9.17, 15) is 8.42 Å². The summed E-state index contributed by atoms with van der Waals surface area (Å²) in [5.41, 5.74) is 0. The van der Waals surface area contributed by atoms with Gasteiger partial charge in [0.2, 0.25) is 10.0 Å². The summed E-state index contributed by atoms with van der Waals surface area (Å²) in [6.45, 7) is 6.59. The third-order valence-corrected chi connectivity index (χ3v) is 6.61. The molecule has 162 valence electrons. The number of sulfonamides is 1. The third-order valence-electron chi connectivity index (χ3n) is 4.13. The molecule has 0 amide bonds. The zero-order chi connectivity index (χ0) is 19.5. The van der Waals surface area contributed by atoms with Gasteiger partial charge in [-0.25, -0.2) is 23.1 Å². The number of ether oxygens (including phenoxy) is 1. The summed E-state index contributed by atoms with van der Waals surface area (Å²) in [6.07, 6.45) is 5.90. The molecule has 1 atom stereocenters. The third kappa shape index (κ3) is 9.81. The molecule has 1 saturated heterocycles. The van der Waals surface area contributed by atoms with Crippen LogP contribution in [0.2, 0.25) is 0 Å². The Morgan fingerprint density at radius 1 is 1.36 bits per heavy atom. The number of rotatable bonds is 10. The zero-order valence-corrected chi connectivity index (χ0v) is 20.5. The number of hydrogen-bond donors (Lipinski definition) is 3. The first kappa shape index (κ1) is 25.5. The minimum absolute atomic E-state index is 0. The highest BCUT2D eigenvalue weighted by Crippen LogP contribution is 2.14. The van der Waals surface area contributed by atoms with Crippen LogP contribution >= 0.6 is 35.3 Å². The standard InChI is InChI=1S/C17H31N5O3S2.HI/c1-3-15-12-20-16(26-15)13-21-17(18-4-2)19-8-10-27(23,24)22-11-14-7-5-6-9-25-14;/h12,14,22H,3-11,13H2,1-2H3,(H2,18,19,21);1H. The molecule has 0 radical (unpaired) electrons. The van der Waals surface area contributed by atoms with E-state index < -0.39 is 10.0 Å².